The van der Waals surface area contributed by atoms with Gasteiger partial charge in [0, 0.05) is 17.4 Å². The summed E-state index contributed by atoms with van der Waals surface area (Å²) < 4.78 is 0. The molecule has 6 heteroatoms. The van der Waals surface area contributed by atoms with E-state index in [4.69, 9.17) is 10.9 Å². The van der Waals surface area contributed by atoms with Crippen molar-refractivity contribution >= 4 is 23.5 Å². The lowest BCUT2D eigenvalue weighted by Crippen LogP contribution is -2.38. The van der Waals surface area contributed by atoms with E-state index in [1.807, 2.05) is 18.2 Å². The number of thioether (sulfide) groups is 1. The fourth-order valence-electron chi connectivity index (χ4n) is 1.90. The van der Waals surface area contributed by atoms with Gasteiger partial charge in [0.1, 0.15) is 5.84 Å². The van der Waals surface area contributed by atoms with Gasteiger partial charge < -0.3 is 16.3 Å². The number of hydrogen-bond acceptors (Lipinski definition) is 4. The number of nitrogens with two attached hydrogens (primary N) is 1. The van der Waals surface area contributed by atoms with Gasteiger partial charge in [-0.2, -0.15) is 0 Å². The van der Waals surface area contributed by atoms with E-state index in [9.17, 15) is 4.79 Å². The van der Waals surface area contributed by atoms with Crippen molar-refractivity contribution in [2.75, 3.05) is 6.54 Å². The second-order valence-corrected chi connectivity index (χ2v) is 5.83. The predicted octanol–water partition coefficient (Wildman–Crippen LogP) is 1.20. The monoisotopic (exact) mass is 279 g/mol. The van der Waals surface area contributed by atoms with Crippen LogP contribution in [0.2, 0.25) is 0 Å². The van der Waals surface area contributed by atoms with Crippen LogP contribution < -0.4 is 11.1 Å². The van der Waals surface area contributed by atoms with Crippen LogP contribution >= 0.6 is 11.8 Å². The Labute approximate surface area is 116 Å². The standard InChI is InChI=1S/C13H17N3O2S/c1-8(12(14)16-18)7-15-13(17)11-6-9-4-2-3-5-10(9)19-11/h2-5,8,11,18H,6-7H2,1H3,(H2,14,16)(H,15,17). The Morgan fingerprint density at radius 2 is 2.37 bits per heavy atom. The Morgan fingerprint density at radius 1 is 1.63 bits per heavy atom. The molecule has 0 spiro atoms. The molecule has 2 unspecified atom stereocenters. The summed E-state index contributed by atoms with van der Waals surface area (Å²) in [4.78, 5) is 13.2. The number of amidine groups is 1. The molecule has 19 heavy (non-hydrogen) atoms. The third kappa shape index (κ3) is 3.20. The van der Waals surface area contributed by atoms with Crippen LogP contribution in [-0.2, 0) is 11.2 Å². The van der Waals surface area contributed by atoms with Crippen molar-refractivity contribution in [1.82, 2.24) is 5.32 Å². The van der Waals surface area contributed by atoms with Crippen LogP contribution in [0.25, 0.3) is 0 Å². The van der Waals surface area contributed by atoms with Crippen LogP contribution in [-0.4, -0.2) is 28.7 Å². The second kappa shape index (κ2) is 5.97. The number of oxime groups is 1. The quantitative estimate of drug-likeness (QED) is 0.334. The summed E-state index contributed by atoms with van der Waals surface area (Å²) in [6.07, 6.45) is 0.755. The van der Waals surface area contributed by atoms with Gasteiger partial charge in [0.05, 0.1) is 5.25 Å². The first-order valence-corrected chi connectivity index (χ1v) is 6.99. The largest absolute Gasteiger partial charge is 0.409 e. The van der Waals surface area contributed by atoms with Crippen LogP contribution in [0.1, 0.15) is 12.5 Å². The fraction of sp³-hybridized carbons (Fsp3) is 0.385. The number of nitrogens with zero attached hydrogens (tertiary/aromatic N) is 1. The maximum Gasteiger partial charge on any atom is 0.233 e. The van der Waals surface area contributed by atoms with Crippen LogP contribution in [0, 0.1) is 5.92 Å². The highest BCUT2D eigenvalue weighted by Crippen LogP contribution is 2.36. The van der Waals surface area contributed by atoms with Gasteiger partial charge in [-0.15, -0.1) is 11.8 Å². The molecule has 4 N–H and O–H groups in total. The lowest BCUT2D eigenvalue weighted by molar-refractivity contribution is -0.120. The molecule has 2 rings (SSSR count). The maximum atomic E-state index is 12.1. The average molecular weight is 279 g/mol. The molecule has 1 heterocycles. The molecule has 0 saturated heterocycles. The molecule has 1 aliphatic rings. The molecule has 1 aliphatic heterocycles. The van der Waals surface area contributed by atoms with Crippen LogP contribution in [0.15, 0.2) is 34.3 Å². The van der Waals surface area contributed by atoms with Gasteiger partial charge in [-0.25, -0.2) is 0 Å². The Hall–Kier alpha value is -1.69. The van der Waals surface area contributed by atoms with E-state index in [1.165, 1.54) is 10.5 Å². The first kappa shape index (κ1) is 13.7. The number of amides is 1. The number of fused-ring (bicyclic) bond motifs is 1. The van der Waals surface area contributed by atoms with Crippen molar-refractivity contribution in [2.45, 2.75) is 23.5 Å². The van der Waals surface area contributed by atoms with Gasteiger partial charge in [0.25, 0.3) is 0 Å². The zero-order chi connectivity index (χ0) is 13.8. The summed E-state index contributed by atoms with van der Waals surface area (Å²) in [5, 5.41) is 14.2. The SMILES string of the molecule is CC(CNC(=O)C1Cc2ccccc2S1)C(N)=NO. The summed E-state index contributed by atoms with van der Waals surface area (Å²) in [5.74, 6) is -0.0517. The molecule has 2 atom stereocenters. The third-order valence-corrected chi connectivity index (χ3v) is 4.46. The van der Waals surface area contributed by atoms with Crippen molar-refractivity contribution in [3.05, 3.63) is 29.8 Å². The lowest BCUT2D eigenvalue weighted by atomic mass is 10.1. The zero-order valence-electron chi connectivity index (χ0n) is 10.7. The smallest absolute Gasteiger partial charge is 0.233 e. The highest BCUT2D eigenvalue weighted by molar-refractivity contribution is 8.01. The molecular weight excluding hydrogens is 262 g/mol. The molecule has 5 nitrogen and oxygen atoms in total. The number of hydrogen-bond donors (Lipinski definition) is 3. The summed E-state index contributed by atoms with van der Waals surface area (Å²) in [6, 6.07) is 8.05. The van der Waals surface area contributed by atoms with E-state index in [0.29, 0.717) is 6.54 Å². The van der Waals surface area contributed by atoms with E-state index in [0.717, 1.165) is 6.42 Å². The molecule has 0 saturated carbocycles. The predicted molar refractivity (Wildman–Crippen MR) is 75.4 cm³/mol. The molecule has 1 amide bonds. The van der Waals surface area contributed by atoms with Gasteiger partial charge >= 0.3 is 0 Å². The number of carbonyl (C=O) groups excluding carboxylic acids is 1. The highest BCUT2D eigenvalue weighted by atomic mass is 32.2. The molecule has 0 bridgehead atoms. The minimum Gasteiger partial charge on any atom is -0.409 e. The van der Waals surface area contributed by atoms with Crippen molar-refractivity contribution in [3.63, 3.8) is 0 Å². The van der Waals surface area contributed by atoms with Crippen molar-refractivity contribution in [1.29, 1.82) is 0 Å². The Balaban J connectivity index is 1.87. The van der Waals surface area contributed by atoms with Crippen LogP contribution in [0.4, 0.5) is 0 Å². The summed E-state index contributed by atoms with van der Waals surface area (Å²) in [7, 11) is 0. The summed E-state index contributed by atoms with van der Waals surface area (Å²) in [5.41, 5.74) is 6.69. The topological polar surface area (TPSA) is 87.7 Å². The van der Waals surface area contributed by atoms with Crippen LogP contribution in [0.5, 0.6) is 0 Å². The zero-order valence-corrected chi connectivity index (χ0v) is 11.5. The number of carbonyl (C=O) groups is 1. The molecule has 0 aliphatic carbocycles. The molecule has 0 aromatic heterocycles. The minimum atomic E-state index is -0.178. The Kier molecular flexibility index (Phi) is 4.31. The number of nitrogens with one attached hydrogen (secondary N) is 1. The second-order valence-electron chi connectivity index (χ2n) is 4.59. The molecule has 1 aromatic carbocycles. The first-order chi connectivity index (χ1) is 9.11. The van der Waals surface area contributed by atoms with Gasteiger partial charge in [-0.05, 0) is 18.1 Å². The van der Waals surface area contributed by atoms with Crippen molar-refractivity contribution < 1.29 is 10.0 Å². The van der Waals surface area contributed by atoms with Gasteiger partial charge in [0.15, 0.2) is 0 Å². The van der Waals surface area contributed by atoms with E-state index in [-0.39, 0.29) is 22.9 Å². The average Bonchev–Trinajstić information content (AvgIpc) is 2.87. The molecule has 0 fully saturated rings. The molecule has 102 valence electrons. The van der Waals surface area contributed by atoms with E-state index < -0.39 is 0 Å². The van der Waals surface area contributed by atoms with Crippen LogP contribution in [0.3, 0.4) is 0 Å². The van der Waals surface area contributed by atoms with E-state index >= 15 is 0 Å². The highest BCUT2D eigenvalue weighted by Gasteiger charge is 2.28. The molecular formula is C13H17N3O2S. The Morgan fingerprint density at radius 3 is 3.05 bits per heavy atom. The normalized spacial score (nSPS) is 19.8. The van der Waals surface area contributed by atoms with E-state index in [1.54, 1.807) is 18.7 Å². The van der Waals surface area contributed by atoms with Crippen molar-refractivity contribution in [3.8, 4) is 0 Å². The number of benzene rings is 1. The minimum absolute atomic E-state index is 0.00112. The maximum absolute atomic E-state index is 12.1. The van der Waals surface area contributed by atoms with Gasteiger partial charge in [0.2, 0.25) is 5.91 Å². The molecule has 1 aromatic rings. The summed E-state index contributed by atoms with van der Waals surface area (Å²) in [6.45, 7) is 2.17. The molecule has 0 radical (unpaired) electrons. The van der Waals surface area contributed by atoms with Gasteiger partial charge in [-0.3, -0.25) is 4.79 Å². The number of rotatable bonds is 4. The lowest BCUT2D eigenvalue weighted by Gasteiger charge is -2.13. The fourth-order valence-corrected chi connectivity index (χ4v) is 3.12. The van der Waals surface area contributed by atoms with E-state index in [2.05, 4.69) is 16.5 Å². The first-order valence-electron chi connectivity index (χ1n) is 6.11. The Bertz CT molecular complexity index is 479. The van der Waals surface area contributed by atoms with Gasteiger partial charge in [-0.1, -0.05) is 30.3 Å². The van der Waals surface area contributed by atoms with Crippen molar-refractivity contribution in [2.24, 2.45) is 16.8 Å². The third-order valence-electron chi connectivity index (χ3n) is 3.14. The summed E-state index contributed by atoms with van der Waals surface area (Å²) >= 11 is 1.59.